The number of terminal acetylenes is 3. The molecule has 0 bridgehead atoms. The Hall–Kier alpha value is -1.15. The second-order valence-corrected chi connectivity index (χ2v) is 116. The van der Waals surface area contributed by atoms with Gasteiger partial charge in [-0.2, -0.15) is 0 Å². The molecule has 0 saturated heterocycles. The van der Waals surface area contributed by atoms with Crippen LogP contribution < -0.4 is 9.47 Å². The summed E-state index contributed by atoms with van der Waals surface area (Å²) in [7, 11) is 6.62. The largest absolute Gasteiger partial charge is 0.514 e. The summed E-state index contributed by atoms with van der Waals surface area (Å²) in [6.07, 6.45) is 23.9. The number of hydrogen-bond donors (Lipinski definition) is 0. The number of ether oxygens (including phenoxy) is 2. The highest BCUT2D eigenvalue weighted by Crippen LogP contribution is 2.34. The lowest BCUT2D eigenvalue weighted by atomic mass is 10.0. The van der Waals surface area contributed by atoms with Gasteiger partial charge in [-0.15, -0.1) is 0 Å². The Balaban J connectivity index is 3.68. The Morgan fingerprint density at radius 1 is 0.935 bits per heavy atom. The zero-order valence-corrected chi connectivity index (χ0v) is 34.1. The van der Waals surface area contributed by atoms with Crippen LogP contribution in [-0.2, 0) is 19.7 Å². The molecule has 0 aliphatic carbocycles. The first kappa shape index (κ1) is 27.9. The fourth-order valence-corrected chi connectivity index (χ4v) is 273. The molecule has 0 amide bonds. The zero-order chi connectivity index (χ0) is 23.9. The van der Waals surface area contributed by atoms with E-state index in [4.69, 9.17) is 42.0 Å². The van der Waals surface area contributed by atoms with E-state index in [1.54, 1.807) is 14.2 Å². The summed E-state index contributed by atoms with van der Waals surface area (Å²) in [5.74, 6) is 1.63. The molecule has 1 rings (SSSR count). The highest BCUT2D eigenvalue weighted by atomic mass is 30.4. The first-order chi connectivity index (χ1) is 14.4. The van der Waals surface area contributed by atoms with Crippen LogP contribution in [0.5, 0.6) is 11.5 Å². The van der Waals surface area contributed by atoms with Crippen molar-refractivity contribution in [3.8, 4) is 49.1 Å². The number of rotatable bonds is 11. The molecule has 0 aliphatic rings. The van der Waals surface area contributed by atoms with Gasteiger partial charge >= 0.3 is 8.80 Å². The Labute approximate surface area is 205 Å². The lowest BCUT2D eigenvalue weighted by molar-refractivity contribution is 0.391. The van der Waals surface area contributed by atoms with Gasteiger partial charge in [0.1, 0.15) is 11.5 Å². The molecule has 1 aromatic rings. The molecule has 1 unspecified atom stereocenters. The Kier molecular flexibility index (Phi) is 10.5. The summed E-state index contributed by atoms with van der Waals surface area (Å²) in [5, 5.41) is 0. The van der Waals surface area contributed by atoms with Crippen LogP contribution in [0.25, 0.3) is 0 Å². The smallest absolute Gasteiger partial charge is 0.432 e. The van der Waals surface area contributed by atoms with Crippen LogP contribution in [0.15, 0.2) is 12.1 Å². The third-order valence-corrected chi connectivity index (χ3v) is 155. The fraction of sp³-hybridized carbons (Fsp3) is 0.294. The molecule has 0 N–H and O–H groups in total. The highest BCUT2D eigenvalue weighted by Gasteiger charge is 2.67. The molecule has 5 nitrogen and oxygen atoms in total. The minimum atomic E-state index is -2.28. The molecule has 0 fully saturated rings. The summed E-state index contributed by atoms with van der Waals surface area (Å²) in [6.45, 7) is -2.10. The SMILES string of the molecule is C#CO[SiH](OC#C)[Si](CCc1cc(OC)cc(OC)c1C)([Si]([SiH3])([SiH3])[SiH3])[Si]([SiH3])([SiH3])OC#C. The number of hydrogen-bond acceptors (Lipinski definition) is 5. The van der Waals surface area contributed by atoms with Gasteiger partial charge in [0.05, 0.1) is 32.5 Å². The Bertz CT molecular complexity index is 881. The number of aryl methyl sites for hydroxylation is 1. The van der Waals surface area contributed by atoms with Crippen molar-refractivity contribution in [1.82, 2.24) is 0 Å². The molecule has 31 heavy (non-hydrogen) atoms. The van der Waals surface area contributed by atoms with Crippen LogP contribution >= 0.6 is 0 Å². The number of benzene rings is 1. The molecular weight excluding hydrogens is 537 g/mol. The van der Waals surface area contributed by atoms with Gasteiger partial charge in [0.15, 0.2) is 6.63 Å². The molecule has 0 heterocycles. The summed E-state index contributed by atoms with van der Waals surface area (Å²) < 4.78 is 29.3. The molecule has 0 aromatic heterocycles. The van der Waals surface area contributed by atoms with Crippen molar-refractivity contribution in [2.45, 2.75) is 19.4 Å². The van der Waals surface area contributed by atoms with E-state index in [0.29, 0.717) is 0 Å². The first-order valence-electron chi connectivity index (χ1n) is 10.0. The molecule has 1 atom stereocenters. The van der Waals surface area contributed by atoms with E-state index in [-0.39, 0.29) is 0 Å². The van der Waals surface area contributed by atoms with E-state index in [0.717, 1.165) is 49.0 Å². The molecule has 14 heteroatoms. The third kappa shape index (κ3) is 6.01. The Morgan fingerprint density at radius 3 is 1.94 bits per heavy atom. The van der Waals surface area contributed by atoms with Gasteiger partial charge in [-0.1, -0.05) is 25.3 Å². The van der Waals surface area contributed by atoms with Crippen molar-refractivity contribution in [2.24, 2.45) is 0 Å². The van der Waals surface area contributed by atoms with Crippen LogP contribution in [0.4, 0.5) is 0 Å². The maximum Gasteiger partial charge on any atom is 0.432 e. The Morgan fingerprint density at radius 2 is 1.52 bits per heavy atom. The zero-order valence-electron chi connectivity index (χ0n) is 19.9. The van der Waals surface area contributed by atoms with Crippen molar-refractivity contribution in [1.29, 1.82) is 0 Å². The van der Waals surface area contributed by atoms with Crippen LogP contribution in [0.3, 0.4) is 0 Å². The van der Waals surface area contributed by atoms with Crippen molar-refractivity contribution >= 4 is 77.2 Å². The van der Waals surface area contributed by atoms with Gasteiger partial charge in [0, 0.05) is 31.7 Å². The van der Waals surface area contributed by atoms with Gasteiger partial charge in [-0.25, -0.2) is 0 Å². The van der Waals surface area contributed by atoms with E-state index in [2.05, 4.69) is 31.3 Å². The van der Waals surface area contributed by atoms with E-state index in [9.17, 15) is 0 Å². The summed E-state index contributed by atoms with van der Waals surface area (Å²) in [6, 6.07) is 5.07. The molecule has 0 radical (unpaired) electrons. The monoisotopic (exact) mass is 570 g/mol. The predicted molar refractivity (Wildman–Crippen MR) is 157 cm³/mol. The van der Waals surface area contributed by atoms with Crippen LogP contribution in [0, 0.1) is 44.5 Å². The minimum absolute atomic E-state index is 0.796. The molecule has 1 aromatic carbocycles. The molecule has 0 spiro atoms. The van der Waals surface area contributed by atoms with Crippen molar-refractivity contribution in [3.05, 3.63) is 23.3 Å². The first-order valence-corrected chi connectivity index (χ1v) is 38.4. The second-order valence-electron chi connectivity index (χ2n) is 8.87. The average molecular weight is 571 g/mol. The van der Waals surface area contributed by atoms with Crippen LogP contribution in [0.1, 0.15) is 11.1 Å². The van der Waals surface area contributed by atoms with Gasteiger partial charge in [-0.3, -0.25) is 0 Å². The average Bonchev–Trinajstić information content (AvgIpc) is 2.68. The van der Waals surface area contributed by atoms with Crippen LogP contribution in [0.2, 0.25) is 6.04 Å². The summed E-state index contributed by atoms with van der Waals surface area (Å²) in [5.41, 5.74) is 2.36. The minimum Gasteiger partial charge on any atom is -0.514 e. The quantitative estimate of drug-likeness (QED) is 0.197. The second kappa shape index (κ2) is 11.6. The van der Waals surface area contributed by atoms with E-state index in [1.807, 2.05) is 6.07 Å². The highest BCUT2D eigenvalue weighted by molar-refractivity contribution is 8.11. The van der Waals surface area contributed by atoms with Gasteiger partial charge in [0.2, 0.25) is 6.87 Å². The van der Waals surface area contributed by atoms with E-state index >= 15 is 0 Å². The van der Waals surface area contributed by atoms with E-state index in [1.165, 1.54) is 34.8 Å². The van der Waals surface area contributed by atoms with Crippen molar-refractivity contribution in [2.75, 3.05) is 14.2 Å². The summed E-state index contributed by atoms with van der Waals surface area (Å²) in [4.78, 5) is 0. The van der Waals surface area contributed by atoms with Gasteiger partial charge in [-0.05, 0) is 59.8 Å². The molecule has 0 saturated carbocycles. The van der Waals surface area contributed by atoms with Crippen molar-refractivity contribution < 1.29 is 22.8 Å². The predicted octanol–water partition coefficient (Wildman–Crippen LogP) is -5.01. The standard InChI is InChI=1S/C17H34O5Si9/c1-7-20-28(21-8-2)29(31(25,26)27,30(23,24)22-9-3)11-10-15-12-16(18-5)13-17(19-6)14(15)4/h1-3,12-13,28H,10-11H2,4-6,23-27H3. The van der Waals surface area contributed by atoms with E-state index < -0.39 is 28.4 Å². The van der Waals surface area contributed by atoms with Crippen molar-refractivity contribution in [3.63, 3.8) is 0 Å². The van der Waals surface area contributed by atoms with Crippen LogP contribution in [-0.4, -0.2) is 91.5 Å². The molecule has 0 aliphatic heterocycles. The summed E-state index contributed by atoms with van der Waals surface area (Å²) >= 11 is 0. The maximum atomic E-state index is 6.24. The maximum absolute atomic E-state index is 6.24. The van der Waals surface area contributed by atoms with Gasteiger partial charge in [0.25, 0.3) is 0 Å². The van der Waals surface area contributed by atoms with Gasteiger partial charge < -0.3 is 22.8 Å². The normalized spacial score (nSPS) is 16.8. The fourth-order valence-electron chi connectivity index (χ4n) is 4.56. The molecular formula is C17H34O5Si9. The topological polar surface area (TPSA) is 46.2 Å². The molecule has 168 valence electrons. The third-order valence-electron chi connectivity index (χ3n) is 6.16. The lowest BCUT2D eigenvalue weighted by Gasteiger charge is -2.50. The lowest BCUT2D eigenvalue weighted by Crippen LogP contribution is -2.88. The number of methoxy groups -OCH3 is 2.